The van der Waals surface area contributed by atoms with E-state index in [9.17, 15) is 9.18 Å². The lowest BCUT2D eigenvalue weighted by atomic mass is 9.88. The lowest BCUT2D eigenvalue weighted by Crippen LogP contribution is -2.30. The van der Waals surface area contributed by atoms with Gasteiger partial charge in [-0.3, -0.25) is 9.69 Å². The molecule has 1 fully saturated rings. The summed E-state index contributed by atoms with van der Waals surface area (Å²) in [6.45, 7) is 2.29. The first-order valence-corrected chi connectivity index (χ1v) is 12.3. The molecule has 2 heterocycles. The molecule has 0 radical (unpaired) electrons. The van der Waals surface area contributed by atoms with Crippen LogP contribution in [0.2, 0.25) is 5.02 Å². The molecule has 2 aliphatic rings. The van der Waals surface area contributed by atoms with E-state index >= 15 is 0 Å². The topological polar surface area (TPSA) is 37.7 Å². The molecule has 5 nitrogen and oxygen atoms in total. The molecule has 5 rings (SSSR count). The number of ether oxygens (including phenoxy) is 1. The molecule has 0 atom stereocenters. The molecule has 1 aliphatic heterocycles. The average molecular weight is 486 g/mol. The number of fused-ring (bicyclic) bond motifs is 2. The summed E-state index contributed by atoms with van der Waals surface area (Å²) in [5.74, 6) is 1.19. The lowest BCUT2D eigenvalue weighted by Gasteiger charge is -2.23. The zero-order valence-electron chi connectivity index (χ0n) is 20.2. The van der Waals surface area contributed by atoms with E-state index in [1.54, 1.807) is 11.0 Å². The lowest BCUT2D eigenvalue weighted by molar-refractivity contribution is -0.133. The molecule has 1 aromatic heterocycles. The van der Waals surface area contributed by atoms with Crippen molar-refractivity contribution in [3.63, 3.8) is 0 Å². The molecule has 0 N–H and O–H groups in total. The number of carbonyl (C=O) groups is 1. The molecule has 1 aliphatic carbocycles. The number of aromatic nitrogens is 1. The van der Waals surface area contributed by atoms with Gasteiger partial charge in [0.2, 0.25) is 5.91 Å². The summed E-state index contributed by atoms with van der Waals surface area (Å²) in [6.07, 6.45) is 7.95. The second-order valence-electron chi connectivity index (χ2n) is 9.46. The first-order valence-electron chi connectivity index (χ1n) is 12.0. The monoisotopic (exact) mass is 485 g/mol. The second kappa shape index (κ2) is 10.8. The van der Waals surface area contributed by atoms with Crippen LogP contribution in [0.1, 0.15) is 37.7 Å². The Kier molecular flexibility index (Phi) is 7.79. The van der Waals surface area contributed by atoms with Crippen LogP contribution in [0.3, 0.4) is 0 Å². The minimum atomic E-state index is -0.231. The number of amides is 1. The summed E-state index contributed by atoms with van der Waals surface area (Å²) in [5.41, 5.74) is 2.97. The highest BCUT2D eigenvalue weighted by Gasteiger charge is 2.22. The van der Waals surface area contributed by atoms with Gasteiger partial charge in [0.1, 0.15) is 18.2 Å². The van der Waals surface area contributed by atoms with Gasteiger partial charge in [-0.2, -0.15) is 0 Å². The molecule has 0 spiro atoms. The van der Waals surface area contributed by atoms with Crippen LogP contribution in [-0.4, -0.2) is 54.6 Å². The summed E-state index contributed by atoms with van der Waals surface area (Å²) in [5, 5.41) is 1.47. The van der Waals surface area contributed by atoms with Crippen LogP contribution in [0, 0.1) is 11.7 Å². The van der Waals surface area contributed by atoms with E-state index < -0.39 is 0 Å². The summed E-state index contributed by atoms with van der Waals surface area (Å²) in [6, 6.07) is 10.7. The zero-order chi connectivity index (χ0) is 24.2. The highest BCUT2D eigenvalue weighted by molar-refractivity contribution is 6.32. The predicted octanol–water partition coefficient (Wildman–Crippen LogP) is 5.90. The molecule has 2 aromatic carbocycles. The van der Waals surface area contributed by atoms with Gasteiger partial charge in [-0.15, -0.1) is 0 Å². The Morgan fingerprint density at radius 3 is 2.62 bits per heavy atom. The van der Waals surface area contributed by atoms with E-state index in [1.165, 1.54) is 31.4 Å². The summed E-state index contributed by atoms with van der Waals surface area (Å²) < 4.78 is 21.2. The van der Waals surface area contributed by atoms with Crippen molar-refractivity contribution in [3.05, 3.63) is 59.0 Å². The quantitative estimate of drug-likeness (QED) is 0.453. The molecule has 1 saturated carbocycles. The van der Waals surface area contributed by atoms with Gasteiger partial charge in [-0.05, 0) is 56.3 Å². The molecule has 182 valence electrons. The smallest absolute Gasteiger partial charge is 0.225 e. The van der Waals surface area contributed by atoms with Crippen molar-refractivity contribution >= 4 is 28.4 Å². The van der Waals surface area contributed by atoms with Gasteiger partial charge in [0.15, 0.2) is 0 Å². The third-order valence-electron chi connectivity index (χ3n) is 6.59. The standard InChI is InChI=1S/C18H16ClFN2O.C9H17NO/c1-21-6-7-23-18-13(11-21)9-15(10-16(18)19)22-5-4-12-8-14(20)2-3-17(12)22;1-10(2)9(11)8-6-4-3-5-7-8/h2-5,8-10H,6-7,11H2,1H3;8H,3-7H2,1-2H3. The van der Waals surface area contributed by atoms with Crippen molar-refractivity contribution in [2.45, 2.75) is 38.6 Å². The van der Waals surface area contributed by atoms with Crippen molar-refractivity contribution < 1.29 is 13.9 Å². The summed E-state index contributed by atoms with van der Waals surface area (Å²) in [4.78, 5) is 15.3. The fourth-order valence-electron chi connectivity index (χ4n) is 4.78. The maximum atomic E-state index is 13.4. The number of likely N-dealkylation sites (N-methyl/N-ethyl adjacent to an activating group) is 1. The number of nitrogens with zero attached hydrogens (tertiary/aromatic N) is 3. The zero-order valence-corrected chi connectivity index (χ0v) is 20.9. The van der Waals surface area contributed by atoms with Gasteiger partial charge in [0.05, 0.1) is 10.5 Å². The van der Waals surface area contributed by atoms with E-state index in [4.69, 9.17) is 16.3 Å². The molecular weight excluding hydrogens is 453 g/mol. The number of hydrogen-bond donors (Lipinski definition) is 0. The van der Waals surface area contributed by atoms with Crippen LogP contribution < -0.4 is 4.74 Å². The number of rotatable bonds is 2. The Labute approximate surface area is 206 Å². The Morgan fingerprint density at radius 1 is 1.12 bits per heavy atom. The van der Waals surface area contributed by atoms with Gasteiger partial charge < -0.3 is 14.2 Å². The largest absolute Gasteiger partial charge is 0.490 e. The van der Waals surface area contributed by atoms with E-state index in [2.05, 4.69) is 18.0 Å². The van der Waals surface area contributed by atoms with Crippen LogP contribution in [-0.2, 0) is 11.3 Å². The van der Waals surface area contributed by atoms with E-state index in [1.807, 2.05) is 37.0 Å². The maximum absolute atomic E-state index is 13.4. The molecule has 0 saturated heterocycles. The number of carbonyl (C=O) groups excluding carboxylic acids is 1. The molecule has 0 bridgehead atoms. The van der Waals surface area contributed by atoms with Crippen molar-refractivity contribution in [1.82, 2.24) is 14.4 Å². The summed E-state index contributed by atoms with van der Waals surface area (Å²) in [7, 11) is 5.75. The number of benzene rings is 2. The fourth-order valence-corrected chi connectivity index (χ4v) is 5.07. The van der Waals surface area contributed by atoms with Crippen LogP contribution in [0.15, 0.2) is 42.6 Å². The molecule has 7 heteroatoms. The van der Waals surface area contributed by atoms with Crippen molar-refractivity contribution in [3.8, 4) is 11.4 Å². The van der Waals surface area contributed by atoms with Crippen LogP contribution >= 0.6 is 11.6 Å². The maximum Gasteiger partial charge on any atom is 0.225 e. The fraction of sp³-hybridized carbons (Fsp3) is 0.444. The average Bonchev–Trinajstić information content (AvgIpc) is 3.13. The van der Waals surface area contributed by atoms with E-state index in [-0.39, 0.29) is 5.82 Å². The third kappa shape index (κ3) is 5.56. The Hall–Kier alpha value is -2.57. The van der Waals surface area contributed by atoms with Gasteiger partial charge in [-0.1, -0.05) is 30.9 Å². The summed E-state index contributed by atoms with van der Waals surface area (Å²) >= 11 is 6.44. The van der Waals surface area contributed by atoms with Crippen molar-refractivity contribution in [1.29, 1.82) is 0 Å². The molecule has 0 unspecified atom stereocenters. The van der Waals surface area contributed by atoms with Crippen molar-refractivity contribution in [2.75, 3.05) is 34.3 Å². The first-order chi connectivity index (χ1) is 16.3. The second-order valence-corrected chi connectivity index (χ2v) is 9.87. The predicted molar refractivity (Wildman–Crippen MR) is 135 cm³/mol. The molecule has 3 aromatic rings. The number of hydrogen-bond acceptors (Lipinski definition) is 3. The van der Waals surface area contributed by atoms with Crippen LogP contribution in [0.25, 0.3) is 16.6 Å². The molecular formula is C27H33ClFN3O2. The minimum Gasteiger partial charge on any atom is -0.490 e. The van der Waals surface area contributed by atoms with Gasteiger partial charge in [-0.25, -0.2) is 4.39 Å². The highest BCUT2D eigenvalue weighted by Crippen LogP contribution is 2.35. The normalized spacial score (nSPS) is 16.7. The SMILES string of the molecule is CN(C)C(=O)C1CCCCC1.CN1CCOc2c(Cl)cc(-n3ccc4cc(F)ccc43)cc2C1. The van der Waals surface area contributed by atoms with E-state index in [0.717, 1.165) is 53.8 Å². The van der Waals surface area contributed by atoms with Crippen LogP contribution in [0.5, 0.6) is 5.75 Å². The number of halogens is 2. The van der Waals surface area contributed by atoms with E-state index in [0.29, 0.717) is 23.5 Å². The Bertz CT molecular complexity index is 1150. The highest BCUT2D eigenvalue weighted by atomic mass is 35.5. The molecule has 34 heavy (non-hydrogen) atoms. The Balaban J connectivity index is 0.000000210. The van der Waals surface area contributed by atoms with Crippen LogP contribution in [0.4, 0.5) is 4.39 Å². The van der Waals surface area contributed by atoms with Gasteiger partial charge in [0.25, 0.3) is 0 Å². The van der Waals surface area contributed by atoms with Gasteiger partial charge in [0, 0.05) is 55.9 Å². The molecule has 1 amide bonds. The van der Waals surface area contributed by atoms with Crippen molar-refractivity contribution in [2.24, 2.45) is 5.92 Å². The van der Waals surface area contributed by atoms with Gasteiger partial charge >= 0.3 is 0 Å². The first kappa shape index (κ1) is 24.6. The minimum absolute atomic E-state index is 0.231. The Morgan fingerprint density at radius 2 is 1.88 bits per heavy atom. The third-order valence-corrected chi connectivity index (χ3v) is 6.87.